The highest BCUT2D eigenvalue weighted by Crippen LogP contribution is 2.43. The van der Waals surface area contributed by atoms with Crippen molar-refractivity contribution in [1.82, 2.24) is 14.8 Å². The summed E-state index contributed by atoms with van der Waals surface area (Å²) in [5.74, 6) is 1.53. The van der Waals surface area contributed by atoms with Crippen LogP contribution in [0.4, 0.5) is 0 Å². The third kappa shape index (κ3) is 4.66. The zero-order valence-corrected chi connectivity index (χ0v) is 17.5. The molecule has 0 saturated heterocycles. The van der Waals surface area contributed by atoms with Crippen molar-refractivity contribution in [2.75, 3.05) is 6.61 Å². The number of rotatable bonds is 9. The topological polar surface area (TPSA) is 57.0 Å². The van der Waals surface area contributed by atoms with Crippen molar-refractivity contribution in [1.29, 1.82) is 0 Å². The molecule has 0 amide bonds. The van der Waals surface area contributed by atoms with Crippen LogP contribution in [0.5, 0.6) is 5.88 Å². The molecule has 0 N–H and O–H groups in total. The summed E-state index contributed by atoms with van der Waals surface area (Å²) < 4.78 is 7.59. The molecule has 1 aliphatic rings. The molecular formula is C24H29N3O2. The predicted octanol–water partition coefficient (Wildman–Crippen LogP) is 4.76. The van der Waals surface area contributed by atoms with E-state index in [0.717, 1.165) is 35.1 Å². The lowest BCUT2D eigenvalue weighted by molar-refractivity contribution is -0.121. The van der Waals surface area contributed by atoms with Crippen molar-refractivity contribution in [3.05, 3.63) is 53.2 Å². The highest BCUT2D eigenvalue weighted by molar-refractivity contribution is 5.84. The summed E-state index contributed by atoms with van der Waals surface area (Å²) in [6, 6.07) is 12.3. The number of aromatic nitrogens is 3. The largest absolute Gasteiger partial charge is 0.470 e. The minimum absolute atomic E-state index is 0.0704. The average molecular weight is 392 g/mol. The van der Waals surface area contributed by atoms with E-state index in [0.29, 0.717) is 24.1 Å². The summed E-state index contributed by atoms with van der Waals surface area (Å²) in [7, 11) is 1.92. The molecule has 1 aliphatic carbocycles. The molecule has 1 fully saturated rings. The number of carbonyl (C=O) groups excluding carboxylic acids is 1. The molecule has 29 heavy (non-hydrogen) atoms. The maximum Gasteiger partial charge on any atom is 0.215 e. The number of ether oxygens (including phenoxy) is 1. The van der Waals surface area contributed by atoms with E-state index in [4.69, 9.17) is 4.74 Å². The van der Waals surface area contributed by atoms with E-state index in [2.05, 4.69) is 48.2 Å². The summed E-state index contributed by atoms with van der Waals surface area (Å²) in [5.41, 5.74) is 4.43. The van der Waals surface area contributed by atoms with E-state index >= 15 is 0 Å². The summed E-state index contributed by atoms with van der Waals surface area (Å²) in [4.78, 5) is 17.0. The van der Waals surface area contributed by atoms with Crippen LogP contribution < -0.4 is 4.74 Å². The number of ketones is 1. The lowest BCUT2D eigenvalue weighted by atomic mass is 9.96. The van der Waals surface area contributed by atoms with Crippen LogP contribution in [-0.2, 0) is 18.3 Å². The van der Waals surface area contributed by atoms with Crippen LogP contribution in [0.25, 0.3) is 11.0 Å². The summed E-state index contributed by atoms with van der Waals surface area (Å²) in [6.45, 7) is 4.27. The monoisotopic (exact) mass is 391 g/mol. The third-order valence-corrected chi connectivity index (χ3v) is 5.68. The Morgan fingerprint density at radius 2 is 2.03 bits per heavy atom. The van der Waals surface area contributed by atoms with Crippen LogP contribution in [-0.4, -0.2) is 27.2 Å². The van der Waals surface area contributed by atoms with Crippen LogP contribution in [0.15, 0.2) is 36.4 Å². The van der Waals surface area contributed by atoms with Gasteiger partial charge in [-0.25, -0.2) is 0 Å². The lowest BCUT2D eigenvalue weighted by Gasteiger charge is -2.11. The van der Waals surface area contributed by atoms with Gasteiger partial charge in [0, 0.05) is 30.8 Å². The number of carbonyl (C=O) groups is 1. The molecule has 3 aromatic rings. The van der Waals surface area contributed by atoms with Gasteiger partial charge in [0.05, 0.1) is 5.69 Å². The average Bonchev–Trinajstić information content (AvgIpc) is 3.50. The van der Waals surface area contributed by atoms with Crippen LogP contribution in [0, 0.1) is 12.8 Å². The molecule has 0 aliphatic heterocycles. The number of fused-ring (bicyclic) bond motifs is 1. The van der Waals surface area contributed by atoms with Crippen LogP contribution >= 0.6 is 0 Å². The molecule has 5 heteroatoms. The molecule has 1 saturated carbocycles. The maximum atomic E-state index is 12.4. The molecule has 0 bridgehead atoms. The van der Waals surface area contributed by atoms with Crippen molar-refractivity contribution < 1.29 is 9.53 Å². The zero-order chi connectivity index (χ0) is 20.4. The molecule has 1 atom stereocenters. The Balaban J connectivity index is 1.33. The Bertz CT molecular complexity index is 1010. The number of hydrogen-bond acceptors (Lipinski definition) is 4. The van der Waals surface area contributed by atoms with E-state index in [1.165, 1.54) is 18.4 Å². The van der Waals surface area contributed by atoms with E-state index in [1.54, 1.807) is 0 Å². The molecule has 2 aromatic heterocycles. The first kappa shape index (κ1) is 19.6. The Hall–Kier alpha value is -2.69. The number of hydrogen-bond donors (Lipinski definition) is 0. The normalized spacial score (nSPS) is 14.9. The van der Waals surface area contributed by atoms with Gasteiger partial charge in [-0.05, 0) is 49.7 Å². The molecule has 152 valence electrons. The molecule has 0 spiro atoms. The second kappa shape index (κ2) is 8.36. The van der Waals surface area contributed by atoms with Crippen LogP contribution in [0.3, 0.4) is 0 Å². The molecule has 2 heterocycles. The first-order valence-electron chi connectivity index (χ1n) is 10.5. The summed E-state index contributed by atoms with van der Waals surface area (Å²) in [5, 5.41) is 5.81. The zero-order valence-electron chi connectivity index (χ0n) is 17.5. The fourth-order valence-corrected chi connectivity index (χ4v) is 3.91. The van der Waals surface area contributed by atoms with Gasteiger partial charge in [0.1, 0.15) is 6.61 Å². The highest BCUT2D eigenvalue weighted by Gasteiger charge is 2.30. The van der Waals surface area contributed by atoms with Gasteiger partial charge in [0.25, 0.3) is 0 Å². The third-order valence-electron chi connectivity index (χ3n) is 5.68. The van der Waals surface area contributed by atoms with Gasteiger partial charge in [0.2, 0.25) is 5.88 Å². The maximum absolute atomic E-state index is 12.4. The highest BCUT2D eigenvalue weighted by atomic mass is 16.5. The lowest BCUT2D eigenvalue weighted by Crippen LogP contribution is -2.15. The molecule has 0 unspecified atom stereocenters. The van der Waals surface area contributed by atoms with E-state index in [-0.39, 0.29) is 12.4 Å². The van der Waals surface area contributed by atoms with E-state index in [9.17, 15) is 4.79 Å². The minimum Gasteiger partial charge on any atom is -0.470 e. The van der Waals surface area contributed by atoms with Gasteiger partial charge in [0.15, 0.2) is 11.4 Å². The smallest absolute Gasteiger partial charge is 0.215 e. The molecule has 4 rings (SSSR count). The van der Waals surface area contributed by atoms with Gasteiger partial charge < -0.3 is 4.74 Å². The second-order valence-corrected chi connectivity index (χ2v) is 8.42. The van der Waals surface area contributed by atoms with Crippen LogP contribution in [0.2, 0.25) is 0 Å². The summed E-state index contributed by atoms with van der Waals surface area (Å²) >= 11 is 0. The van der Waals surface area contributed by atoms with Gasteiger partial charge >= 0.3 is 0 Å². The number of Topliss-reactive ketones (excluding diaryl/α,β-unsaturated/α-hetero) is 1. The van der Waals surface area contributed by atoms with Gasteiger partial charge in [-0.3, -0.25) is 9.48 Å². The Labute approximate surface area is 172 Å². The molecule has 5 nitrogen and oxygen atoms in total. The van der Waals surface area contributed by atoms with Crippen molar-refractivity contribution in [2.24, 2.45) is 13.0 Å². The van der Waals surface area contributed by atoms with Crippen LogP contribution in [0.1, 0.15) is 55.3 Å². The van der Waals surface area contributed by atoms with Crippen molar-refractivity contribution >= 4 is 16.8 Å². The SMILES string of the molecule is Cc1cc(OCC(=O)C[C@@H](C)CCc2ccccc2)nc2c1c(C1CC1)nn2C. The standard InChI is InChI=1S/C24H29N3O2/c1-16(9-10-18-7-5-4-6-8-18)13-20(28)15-29-21-14-17(2)22-23(19-11-12-19)26-27(3)24(22)25-21/h4-8,14,16,19H,9-13,15H2,1-3H3/t16-/m0/s1. The second-order valence-electron chi connectivity index (χ2n) is 8.42. The molecular weight excluding hydrogens is 362 g/mol. The van der Waals surface area contributed by atoms with E-state index < -0.39 is 0 Å². The molecule has 1 aromatic carbocycles. The summed E-state index contributed by atoms with van der Waals surface area (Å²) in [6.07, 6.45) is 4.95. The Morgan fingerprint density at radius 1 is 1.28 bits per heavy atom. The quantitative estimate of drug-likeness (QED) is 0.528. The van der Waals surface area contributed by atoms with Gasteiger partial charge in [-0.15, -0.1) is 0 Å². The molecule has 0 radical (unpaired) electrons. The predicted molar refractivity (Wildman–Crippen MR) is 114 cm³/mol. The Kier molecular flexibility index (Phi) is 5.65. The van der Waals surface area contributed by atoms with E-state index in [1.807, 2.05) is 23.9 Å². The number of nitrogens with zero attached hydrogens (tertiary/aromatic N) is 3. The number of aryl methyl sites for hydroxylation is 3. The Morgan fingerprint density at radius 3 is 2.76 bits per heavy atom. The van der Waals surface area contributed by atoms with Crippen molar-refractivity contribution in [2.45, 2.75) is 51.9 Å². The number of benzene rings is 1. The fourth-order valence-electron chi connectivity index (χ4n) is 3.91. The first-order chi connectivity index (χ1) is 14.0. The first-order valence-corrected chi connectivity index (χ1v) is 10.5. The minimum atomic E-state index is 0.0704. The van der Waals surface area contributed by atoms with Crippen molar-refractivity contribution in [3.63, 3.8) is 0 Å². The van der Waals surface area contributed by atoms with Gasteiger partial charge in [-0.2, -0.15) is 10.1 Å². The fraction of sp³-hybridized carbons (Fsp3) is 0.458. The van der Waals surface area contributed by atoms with Gasteiger partial charge in [-0.1, -0.05) is 37.3 Å². The van der Waals surface area contributed by atoms with Crippen molar-refractivity contribution in [3.8, 4) is 5.88 Å². The number of pyridine rings is 1.